The highest BCUT2D eigenvalue weighted by Gasteiger charge is 2.33. The molecule has 22 heavy (non-hydrogen) atoms. The summed E-state index contributed by atoms with van der Waals surface area (Å²) in [5.41, 5.74) is -1.68. The Morgan fingerprint density at radius 2 is 1.64 bits per heavy atom. The van der Waals surface area contributed by atoms with Crippen molar-refractivity contribution >= 4 is 29.0 Å². The van der Waals surface area contributed by atoms with Crippen LogP contribution in [0.4, 0.5) is 33.7 Å². The van der Waals surface area contributed by atoms with E-state index in [-0.39, 0.29) is 10.7 Å². The summed E-state index contributed by atoms with van der Waals surface area (Å²) in [5, 5.41) is 4.31. The molecule has 0 saturated carbocycles. The number of benzene rings is 2. The number of rotatable bonds is 2. The van der Waals surface area contributed by atoms with Gasteiger partial charge < -0.3 is 10.6 Å². The molecule has 0 radical (unpaired) electrons. The van der Waals surface area contributed by atoms with Crippen molar-refractivity contribution in [1.29, 1.82) is 0 Å². The summed E-state index contributed by atoms with van der Waals surface area (Å²) >= 11 is 5.66. The van der Waals surface area contributed by atoms with Crippen molar-refractivity contribution in [2.75, 3.05) is 10.6 Å². The smallest absolute Gasteiger partial charge is 0.307 e. The quantitative estimate of drug-likeness (QED) is 0.734. The maximum absolute atomic E-state index is 13.5. The SMILES string of the molecule is O=C(Nc1cc(Cl)ccc1F)Nc1ccccc1C(F)(F)F. The van der Waals surface area contributed by atoms with Gasteiger partial charge >= 0.3 is 12.2 Å². The molecule has 2 N–H and O–H groups in total. The van der Waals surface area contributed by atoms with Crippen LogP contribution in [0.25, 0.3) is 0 Å². The van der Waals surface area contributed by atoms with Crippen LogP contribution in [-0.2, 0) is 6.18 Å². The predicted octanol–water partition coefficient (Wildman–Crippen LogP) is 5.14. The molecule has 116 valence electrons. The van der Waals surface area contributed by atoms with Crippen molar-refractivity contribution in [3.8, 4) is 0 Å². The van der Waals surface area contributed by atoms with Gasteiger partial charge in [-0.3, -0.25) is 0 Å². The van der Waals surface area contributed by atoms with Crippen LogP contribution in [-0.4, -0.2) is 6.03 Å². The molecule has 0 unspecified atom stereocenters. The van der Waals surface area contributed by atoms with E-state index >= 15 is 0 Å². The fraction of sp³-hybridized carbons (Fsp3) is 0.0714. The third-order valence-electron chi connectivity index (χ3n) is 2.66. The maximum Gasteiger partial charge on any atom is 0.418 e. The van der Waals surface area contributed by atoms with Crippen LogP contribution >= 0.6 is 11.6 Å². The number of hydrogen-bond acceptors (Lipinski definition) is 1. The summed E-state index contributed by atoms with van der Waals surface area (Å²) in [5.74, 6) is -0.761. The van der Waals surface area contributed by atoms with Crippen LogP contribution in [0.5, 0.6) is 0 Å². The van der Waals surface area contributed by atoms with E-state index in [0.29, 0.717) is 0 Å². The lowest BCUT2D eigenvalue weighted by molar-refractivity contribution is -0.136. The largest absolute Gasteiger partial charge is 0.418 e. The highest BCUT2D eigenvalue weighted by atomic mass is 35.5. The van der Waals surface area contributed by atoms with E-state index in [9.17, 15) is 22.4 Å². The van der Waals surface area contributed by atoms with Gasteiger partial charge in [-0.25, -0.2) is 9.18 Å². The van der Waals surface area contributed by atoms with Crippen molar-refractivity contribution in [3.63, 3.8) is 0 Å². The molecule has 2 aromatic carbocycles. The van der Waals surface area contributed by atoms with Crippen LogP contribution < -0.4 is 10.6 Å². The van der Waals surface area contributed by atoms with E-state index in [1.165, 1.54) is 18.2 Å². The number of urea groups is 1. The Kier molecular flexibility index (Phi) is 4.56. The first-order valence-electron chi connectivity index (χ1n) is 5.96. The summed E-state index contributed by atoms with van der Waals surface area (Å²) in [6.45, 7) is 0. The molecule has 0 aliphatic heterocycles. The molecule has 2 aromatic rings. The van der Waals surface area contributed by atoms with E-state index in [1.54, 1.807) is 0 Å². The molecule has 0 saturated heterocycles. The second-order valence-electron chi connectivity index (χ2n) is 4.25. The Morgan fingerprint density at radius 1 is 1.00 bits per heavy atom. The van der Waals surface area contributed by atoms with Gasteiger partial charge in [0.1, 0.15) is 5.82 Å². The number of carbonyl (C=O) groups excluding carboxylic acids is 1. The molecule has 0 heterocycles. The summed E-state index contributed by atoms with van der Waals surface area (Å²) in [4.78, 5) is 11.7. The van der Waals surface area contributed by atoms with E-state index in [4.69, 9.17) is 11.6 Å². The van der Waals surface area contributed by atoms with Crippen molar-refractivity contribution in [3.05, 3.63) is 58.9 Å². The van der Waals surface area contributed by atoms with Gasteiger partial charge in [0, 0.05) is 5.02 Å². The van der Waals surface area contributed by atoms with Crippen molar-refractivity contribution in [1.82, 2.24) is 0 Å². The van der Waals surface area contributed by atoms with Gasteiger partial charge in [0.05, 0.1) is 16.9 Å². The molecule has 0 aromatic heterocycles. The summed E-state index contributed by atoms with van der Waals surface area (Å²) in [6, 6.07) is 6.89. The highest BCUT2D eigenvalue weighted by Crippen LogP contribution is 2.34. The lowest BCUT2D eigenvalue weighted by Crippen LogP contribution is -2.22. The number of para-hydroxylation sites is 1. The second-order valence-corrected chi connectivity index (χ2v) is 4.68. The first-order valence-corrected chi connectivity index (χ1v) is 6.34. The van der Waals surface area contributed by atoms with Gasteiger partial charge in [0.2, 0.25) is 0 Å². The number of anilines is 2. The minimum Gasteiger partial charge on any atom is -0.307 e. The standard InChI is InChI=1S/C14H9ClF4N2O/c15-8-5-6-10(16)12(7-8)21-13(22)20-11-4-2-1-3-9(11)14(17,18)19/h1-7H,(H2,20,21,22). The fourth-order valence-electron chi connectivity index (χ4n) is 1.71. The van der Waals surface area contributed by atoms with E-state index in [0.717, 1.165) is 24.3 Å². The number of alkyl halides is 3. The Labute approximate surface area is 127 Å². The van der Waals surface area contributed by atoms with E-state index < -0.39 is 29.3 Å². The van der Waals surface area contributed by atoms with Gasteiger partial charge in [-0.05, 0) is 30.3 Å². The van der Waals surface area contributed by atoms with Crippen LogP contribution in [0.3, 0.4) is 0 Å². The molecule has 0 bridgehead atoms. The lowest BCUT2D eigenvalue weighted by atomic mass is 10.1. The Hall–Kier alpha value is -2.28. The molecule has 8 heteroatoms. The van der Waals surface area contributed by atoms with Crippen molar-refractivity contribution in [2.24, 2.45) is 0 Å². The van der Waals surface area contributed by atoms with Gasteiger partial charge in [-0.1, -0.05) is 23.7 Å². The summed E-state index contributed by atoms with van der Waals surface area (Å²) in [6.07, 6.45) is -4.62. The van der Waals surface area contributed by atoms with Crippen LogP contribution in [0.2, 0.25) is 5.02 Å². The van der Waals surface area contributed by atoms with Gasteiger partial charge in [0.25, 0.3) is 0 Å². The predicted molar refractivity (Wildman–Crippen MR) is 75.5 cm³/mol. The van der Waals surface area contributed by atoms with Crippen LogP contribution in [0.1, 0.15) is 5.56 Å². The average Bonchev–Trinajstić information content (AvgIpc) is 2.42. The third kappa shape index (κ3) is 3.88. The normalized spacial score (nSPS) is 11.1. The molecule has 0 fully saturated rings. The Balaban J connectivity index is 2.18. The molecule has 2 rings (SSSR count). The molecular weight excluding hydrogens is 324 g/mol. The monoisotopic (exact) mass is 332 g/mol. The van der Waals surface area contributed by atoms with Gasteiger partial charge in [0.15, 0.2) is 0 Å². The first-order chi connectivity index (χ1) is 10.3. The summed E-state index contributed by atoms with van der Waals surface area (Å²) in [7, 11) is 0. The molecule has 0 aliphatic rings. The maximum atomic E-state index is 13.5. The lowest BCUT2D eigenvalue weighted by Gasteiger charge is -2.14. The number of amides is 2. The number of hydrogen-bond donors (Lipinski definition) is 2. The average molecular weight is 333 g/mol. The van der Waals surface area contributed by atoms with Crippen molar-refractivity contribution < 1.29 is 22.4 Å². The number of carbonyl (C=O) groups is 1. The van der Waals surface area contributed by atoms with Crippen LogP contribution in [0.15, 0.2) is 42.5 Å². The Bertz CT molecular complexity index is 703. The molecule has 2 amide bonds. The second kappa shape index (κ2) is 6.23. The van der Waals surface area contributed by atoms with Gasteiger partial charge in [-0.2, -0.15) is 13.2 Å². The van der Waals surface area contributed by atoms with Crippen molar-refractivity contribution in [2.45, 2.75) is 6.18 Å². The zero-order valence-corrected chi connectivity index (χ0v) is 11.6. The number of halogens is 5. The Morgan fingerprint density at radius 3 is 2.32 bits per heavy atom. The van der Waals surface area contributed by atoms with Crippen LogP contribution in [0, 0.1) is 5.82 Å². The minimum atomic E-state index is -4.62. The zero-order valence-electron chi connectivity index (χ0n) is 10.8. The first kappa shape index (κ1) is 16.1. The fourth-order valence-corrected chi connectivity index (χ4v) is 1.88. The van der Waals surface area contributed by atoms with Gasteiger partial charge in [-0.15, -0.1) is 0 Å². The van der Waals surface area contributed by atoms with E-state index in [1.807, 2.05) is 5.32 Å². The minimum absolute atomic E-state index is 0.174. The molecule has 3 nitrogen and oxygen atoms in total. The molecular formula is C14H9ClF4N2O. The summed E-state index contributed by atoms with van der Waals surface area (Å²) < 4.78 is 51.8. The molecule has 0 atom stereocenters. The topological polar surface area (TPSA) is 41.1 Å². The van der Waals surface area contributed by atoms with E-state index in [2.05, 4.69) is 5.32 Å². The molecule has 0 spiro atoms. The third-order valence-corrected chi connectivity index (χ3v) is 2.89. The highest BCUT2D eigenvalue weighted by molar-refractivity contribution is 6.30. The zero-order chi connectivity index (χ0) is 16.3. The number of nitrogens with one attached hydrogen (secondary N) is 2. The molecule has 0 aliphatic carbocycles.